The minimum Gasteiger partial charge on any atom is -0.394 e. The first-order valence-electron chi connectivity index (χ1n) is 9.15. The second-order valence-corrected chi connectivity index (χ2v) is 6.84. The van der Waals surface area contributed by atoms with Gasteiger partial charge in [0.2, 0.25) is 0 Å². The summed E-state index contributed by atoms with van der Waals surface area (Å²) in [7, 11) is 0. The van der Waals surface area contributed by atoms with E-state index in [1.54, 1.807) is 22.9 Å². The van der Waals surface area contributed by atoms with E-state index in [1.165, 1.54) is 17.8 Å². The van der Waals surface area contributed by atoms with Crippen molar-refractivity contribution in [2.75, 3.05) is 11.1 Å². The van der Waals surface area contributed by atoms with Crippen LogP contribution in [-0.2, 0) is 6.42 Å². The lowest BCUT2D eigenvalue weighted by atomic mass is 9.91. The van der Waals surface area contributed by atoms with E-state index in [0.29, 0.717) is 28.7 Å². The first kappa shape index (κ1) is 16.6. The monoisotopic (exact) mass is 375 g/mol. The zero-order valence-corrected chi connectivity index (χ0v) is 15.0. The summed E-state index contributed by atoms with van der Waals surface area (Å²) in [5.74, 6) is 0.627. The number of fused-ring (bicyclic) bond motifs is 2. The van der Waals surface area contributed by atoms with E-state index in [1.807, 2.05) is 12.3 Å². The van der Waals surface area contributed by atoms with Gasteiger partial charge in [-0.05, 0) is 43.0 Å². The number of rotatable bonds is 3. The number of hydrogen-bond acceptors (Lipinski definition) is 6. The molecule has 0 aromatic carbocycles. The van der Waals surface area contributed by atoms with Crippen LogP contribution in [-0.4, -0.2) is 24.3 Å². The number of nitrogen functional groups attached to an aromatic ring is 1. The maximum atomic E-state index is 13.7. The topological polar surface area (TPSA) is 94.0 Å². The average Bonchev–Trinajstić information content (AvgIpc) is 3.13. The van der Waals surface area contributed by atoms with Crippen molar-refractivity contribution >= 4 is 17.2 Å². The molecule has 3 N–H and O–H groups in total. The molecule has 7 nitrogen and oxygen atoms in total. The van der Waals surface area contributed by atoms with Gasteiger partial charge in [-0.25, -0.2) is 19.3 Å². The first-order chi connectivity index (χ1) is 13.7. The Morgan fingerprint density at radius 2 is 2.07 bits per heavy atom. The predicted molar refractivity (Wildman–Crippen MR) is 104 cm³/mol. The quantitative estimate of drug-likeness (QED) is 0.570. The minimum atomic E-state index is -0.355. The van der Waals surface area contributed by atoms with E-state index < -0.39 is 0 Å². The van der Waals surface area contributed by atoms with Gasteiger partial charge in [-0.1, -0.05) is 6.07 Å². The molecular weight excluding hydrogens is 357 g/mol. The number of aromatic nitrogens is 5. The fourth-order valence-corrected chi connectivity index (χ4v) is 3.67. The van der Waals surface area contributed by atoms with Crippen LogP contribution in [0, 0.1) is 5.82 Å². The van der Waals surface area contributed by atoms with Crippen LogP contribution in [0.25, 0.3) is 17.2 Å². The summed E-state index contributed by atoms with van der Waals surface area (Å²) in [6.45, 7) is 0. The molecule has 5 rings (SSSR count). The SMILES string of the molecule is Nc1cnc(-c2cnc3ccc(F)cn23)nc1NC1CCCc2ncccc21. The van der Waals surface area contributed by atoms with Gasteiger partial charge >= 0.3 is 0 Å². The maximum absolute atomic E-state index is 13.7. The molecule has 0 fully saturated rings. The van der Waals surface area contributed by atoms with Gasteiger partial charge < -0.3 is 11.1 Å². The normalized spacial score (nSPS) is 16.1. The molecule has 0 bridgehead atoms. The molecule has 28 heavy (non-hydrogen) atoms. The Bertz CT molecular complexity index is 1170. The molecule has 4 aromatic rings. The van der Waals surface area contributed by atoms with E-state index in [-0.39, 0.29) is 11.9 Å². The van der Waals surface area contributed by atoms with Crippen LogP contribution in [0.5, 0.6) is 0 Å². The van der Waals surface area contributed by atoms with Crippen molar-refractivity contribution in [3.05, 3.63) is 66.1 Å². The van der Waals surface area contributed by atoms with Crippen molar-refractivity contribution in [3.63, 3.8) is 0 Å². The zero-order valence-electron chi connectivity index (χ0n) is 15.0. The fraction of sp³-hybridized carbons (Fsp3) is 0.200. The highest BCUT2D eigenvalue weighted by atomic mass is 19.1. The zero-order chi connectivity index (χ0) is 19.1. The number of nitrogens with one attached hydrogen (secondary N) is 1. The molecule has 0 spiro atoms. The van der Waals surface area contributed by atoms with Crippen molar-refractivity contribution in [3.8, 4) is 11.5 Å². The number of nitrogens with zero attached hydrogens (tertiary/aromatic N) is 5. The van der Waals surface area contributed by atoms with E-state index in [9.17, 15) is 4.39 Å². The molecule has 1 aliphatic rings. The van der Waals surface area contributed by atoms with Crippen LogP contribution in [0.4, 0.5) is 15.9 Å². The van der Waals surface area contributed by atoms with Crippen molar-refractivity contribution in [2.45, 2.75) is 25.3 Å². The molecule has 4 aromatic heterocycles. The molecule has 0 aliphatic heterocycles. The highest BCUT2D eigenvalue weighted by Gasteiger charge is 2.22. The van der Waals surface area contributed by atoms with Crippen LogP contribution in [0.15, 0.2) is 49.1 Å². The van der Waals surface area contributed by atoms with E-state index >= 15 is 0 Å². The van der Waals surface area contributed by atoms with Gasteiger partial charge in [-0.2, -0.15) is 0 Å². The fourth-order valence-electron chi connectivity index (χ4n) is 3.67. The third-order valence-electron chi connectivity index (χ3n) is 5.03. The number of imidazole rings is 1. The summed E-state index contributed by atoms with van der Waals surface area (Å²) in [5, 5.41) is 3.45. The largest absolute Gasteiger partial charge is 0.394 e. The molecule has 1 unspecified atom stereocenters. The van der Waals surface area contributed by atoms with Crippen LogP contribution >= 0.6 is 0 Å². The Balaban J connectivity index is 1.53. The Morgan fingerprint density at radius 1 is 1.14 bits per heavy atom. The van der Waals surface area contributed by atoms with Gasteiger partial charge in [0.1, 0.15) is 17.2 Å². The Morgan fingerprint density at radius 3 is 3.00 bits per heavy atom. The molecule has 1 atom stereocenters. The molecule has 8 heteroatoms. The third kappa shape index (κ3) is 2.83. The summed E-state index contributed by atoms with van der Waals surface area (Å²) in [4.78, 5) is 17.7. The highest BCUT2D eigenvalue weighted by Crippen LogP contribution is 2.32. The second-order valence-electron chi connectivity index (χ2n) is 6.84. The summed E-state index contributed by atoms with van der Waals surface area (Å²) in [6, 6.07) is 7.10. The Kier molecular flexibility index (Phi) is 3.89. The average molecular weight is 375 g/mol. The van der Waals surface area contributed by atoms with Gasteiger partial charge in [0.15, 0.2) is 11.6 Å². The highest BCUT2D eigenvalue weighted by molar-refractivity contribution is 5.66. The molecule has 0 saturated heterocycles. The predicted octanol–water partition coefficient (Wildman–Crippen LogP) is 3.40. The van der Waals surface area contributed by atoms with Crippen molar-refractivity contribution < 1.29 is 4.39 Å². The minimum absolute atomic E-state index is 0.0853. The van der Waals surface area contributed by atoms with Gasteiger partial charge in [-0.15, -0.1) is 0 Å². The number of halogens is 1. The molecule has 1 aliphatic carbocycles. The summed E-state index contributed by atoms with van der Waals surface area (Å²) in [5.41, 5.74) is 10.1. The Labute approximate surface area is 160 Å². The van der Waals surface area contributed by atoms with Crippen LogP contribution in [0.1, 0.15) is 30.1 Å². The number of hydrogen-bond donors (Lipinski definition) is 2. The number of anilines is 2. The van der Waals surface area contributed by atoms with Gasteiger partial charge in [0, 0.05) is 18.1 Å². The van der Waals surface area contributed by atoms with Crippen LogP contribution < -0.4 is 11.1 Å². The molecule has 4 heterocycles. The lowest BCUT2D eigenvalue weighted by Crippen LogP contribution is -2.19. The van der Waals surface area contributed by atoms with Crippen LogP contribution in [0.3, 0.4) is 0 Å². The Hall–Kier alpha value is -3.55. The van der Waals surface area contributed by atoms with Gasteiger partial charge in [0.25, 0.3) is 0 Å². The maximum Gasteiger partial charge on any atom is 0.180 e. The molecular formula is C20H18FN7. The standard InChI is InChI=1S/C20H18FN7/c21-12-6-7-18-24-10-17(28(18)11-12)20-25-9-14(22)19(27-20)26-16-5-1-4-15-13(16)3-2-8-23-15/h2-3,6-11,16H,1,4-5,22H2,(H,25,26,27). The van der Waals surface area contributed by atoms with Crippen molar-refractivity contribution in [1.29, 1.82) is 0 Å². The van der Waals surface area contributed by atoms with E-state index in [4.69, 9.17) is 5.73 Å². The molecule has 0 amide bonds. The number of nitrogens with two attached hydrogens (primary N) is 1. The second kappa shape index (κ2) is 6.56. The lowest BCUT2D eigenvalue weighted by Gasteiger charge is -2.26. The molecule has 0 saturated carbocycles. The lowest BCUT2D eigenvalue weighted by molar-refractivity contribution is 0.587. The summed E-state index contributed by atoms with van der Waals surface area (Å²) < 4.78 is 15.3. The smallest absolute Gasteiger partial charge is 0.180 e. The van der Waals surface area contributed by atoms with E-state index in [2.05, 4.69) is 31.3 Å². The van der Waals surface area contributed by atoms with Crippen molar-refractivity contribution in [2.24, 2.45) is 0 Å². The van der Waals surface area contributed by atoms with Crippen LogP contribution in [0.2, 0.25) is 0 Å². The third-order valence-corrected chi connectivity index (χ3v) is 5.03. The summed E-state index contributed by atoms with van der Waals surface area (Å²) in [6.07, 6.45) is 9.38. The first-order valence-corrected chi connectivity index (χ1v) is 9.15. The molecule has 0 radical (unpaired) electrons. The number of pyridine rings is 2. The summed E-state index contributed by atoms with van der Waals surface area (Å²) >= 11 is 0. The van der Waals surface area contributed by atoms with Crippen molar-refractivity contribution in [1.82, 2.24) is 24.3 Å². The molecule has 140 valence electrons. The van der Waals surface area contributed by atoms with Gasteiger partial charge in [-0.3, -0.25) is 9.38 Å². The van der Waals surface area contributed by atoms with Gasteiger partial charge in [0.05, 0.1) is 24.1 Å². The van der Waals surface area contributed by atoms with E-state index in [0.717, 1.165) is 25.0 Å². The number of aryl methyl sites for hydroxylation is 1.